The van der Waals surface area contributed by atoms with Crippen LogP contribution in [-0.4, -0.2) is 140 Å². The maximum absolute atomic E-state index is 13.2. The van der Waals surface area contributed by atoms with E-state index < -0.39 is 86.8 Å². The lowest BCUT2D eigenvalue weighted by Crippen LogP contribution is -2.65. The van der Waals surface area contributed by atoms with Crippen molar-refractivity contribution in [3.05, 3.63) is 36.5 Å². The van der Waals surface area contributed by atoms with Crippen LogP contribution in [0.1, 0.15) is 194 Å². The molecule has 12 unspecified atom stereocenters. The zero-order valence-electron chi connectivity index (χ0n) is 40.9. The first kappa shape index (κ1) is 60.3. The molecule has 2 fully saturated rings. The molecule has 66 heavy (non-hydrogen) atoms. The lowest BCUT2D eigenvalue weighted by molar-refractivity contribution is -0.359. The minimum atomic E-state index is -1.79. The Kier molecular flexibility index (Phi) is 35.6. The third kappa shape index (κ3) is 25.7. The maximum Gasteiger partial charge on any atom is 0.220 e. The number of aliphatic hydroxyl groups is 8. The van der Waals surface area contributed by atoms with Crippen LogP contribution in [0.15, 0.2) is 36.5 Å². The van der Waals surface area contributed by atoms with Crippen molar-refractivity contribution in [3.63, 3.8) is 0 Å². The van der Waals surface area contributed by atoms with E-state index in [1.54, 1.807) is 6.08 Å². The molecule has 14 heteroatoms. The average molecular weight is 942 g/mol. The summed E-state index contributed by atoms with van der Waals surface area (Å²) in [5, 5.41) is 86.7. The van der Waals surface area contributed by atoms with Gasteiger partial charge in [0.1, 0.15) is 48.8 Å². The summed E-state index contributed by atoms with van der Waals surface area (Å²) in [6, 6.07) is -0.933. The fraction of sp³-hybridized carbons (Fsp3) is 0.865. The second-order valence-corrected chi connectivity index (χ2v) is 18.6. The minimum Gasteiger partial charge on any atom is -0.394 e. The number of unbranched alkanes of at least 4 members (excludes halogenated alkanes) is 23. The first-order valence-corrected chi connectivity index (χ1v) is 26.2. The van der Waals surface area contributed by atoms with E-state index in [-0.39, 0.29) is 18.9 Å². The number of allylic oxidation sites excluding steroid dienone is 5. The number of rotatable bonds is 40. The lowest BCUT2D eigenvalue weighted by Gasteiger charge is -2.46. The van der Waals surface area contributed by atoms with Crippen LogP contribution in [0, 0.1) is 0 Å². The van der Waals surface area contributed by atoms with Gasteiger partial charge < -0.3 is 65.1 Å². The highest BCUT2D eigenvalue weighted by Gasteiger charge is 2.51. The van der Waals surface area contributed by atoms with Gasteiger partial charge in [-0.15, -0.1) is 0 Å². The second kappa shape index (κ2) is 39.0. The highest BCUT2D eigenvalue weighted by atomic mass is 16.7. The largest absolute Gasteiger partial charge is 0.394 e. The Morgan fingerprint density at radius 1 is 0.530 bits per heavy atom. The van der Waals surface area contributed by atoms with Gasteiger partial charge in [-0.2, -0.15) is 0 Å². The van der Waals surface area contributed by atoms with Gasteiger partial charge in [0.2, 0.25) is 5.91 Å². The van der Waals surface area contributed by atoms with Crippen LogP contribution in [0.3, 0.4) is 0 Å². The highest BCUT2D eigenvalue weighted by Crippen LogP contribution is 2.30. The third-order valence-electron chi connectivity index (χ3n) is 12.8. The van der Waals surface area contributed by atoms with Crippen molar-refractivity contribution < 1.29 is 64.6 Å². The molecule has 386 valence electrons. The molecule has 12 atom stereocenters. The Hall–Kier alpha value is -1.79. The van der Waals surface area contributed by atoms with E-state index in [1.807, 2.05) is 6.08 Å². The van der Waals surface area contributed by atoms with Crippen LogP contribution in [0.4, 0.5) is 0 Å². The Morgan fingerprint density at radius 2 is 0.970 bits per heavy atom. The predicted molar refractivity (Wildman–Crippen MR) is 258 cm³/mol. The topological polar surface area (TPSA) is 228 Å². The molecule has 0 aromatic rings. The average Bonchev–Trinajstić information content (AvgIpc) is 3.31. The zero-order chi connectivity index (χ0) is 48.2. The summed E-state index contributed by atoms with van der Waals surface area (Å²) in [6.07, 6.45) is 27.5. The van der Waals surface area contributed by atoms with Crippen LogP contribution in [0.5, 0.6) is 0 Å². The fourth-order valence-electron chi connectivity index (χ4n) is 8.48. The van der Waals surface area contributed by atoms with E-state index >= 15 is 0 Å². The van der Waals surface area contributed by atoms with E-state index in [9.17, 15) is 45.6 Å². The second-order valence-electron chi connectivity index (χ2n) is 18.6. The third-order valence-corrected chi connectivity index (χ3v) is 12.8. The molecule has 0 saturated carbocycles. The summed E-state index contributed by atoms with van der Waals surface area (Å²) >= 11 is 0. The van der Waals surface area contributed by atoms with Gasteiger partial charge in [-0.1, -0.05) is 166 Å². The van der Waals surface area contributed by atoms with Crippen molar-refractivity contribution in [2.24, 2.45) is 0 Å². The molecule has 0 aromatic heterocycles. The van der Waals surface area contributed by atoms with Crippen LogP contribution in [-0.2, 0) is 23.7 Å². The van der Waals surface area contributed by atoms with Crippen LogP contribution in [0.25, 0.3) is 0 Å². The Morgan fingerprint density at radius 3 is 1.48 bits per heavy atom. The van der Waals surface area contributed by atoms with Gasteiger partial charge in [-0.25, -0.2) is 0 Å². The molecule has 2 aliphatic heterocycles. The van der Waals surface area contributed by atoms with Crippen molar-refractivity contribution in [2.75, 3.05) is 19.8 Å². The summed E-state index contributed by atoms with van der Waals surface area (Å²) in [5.41, 5.74) is 0. The quantitative estimate of drug-likeness (QED) is 0.0221. The first-order valence-electron chi connectivity index (χ1n) is 26.2. The summed E-state index contributed by atoms with van der Waals surface area (Å²) in [4.78, 5) is 13.2. The van der Waals surface area contributed by atoms with E-state index in [0.29, 0.717) is 12.8 Å². The van der Waals surface area contributed by atoms with Crippen LogP contribution < -0.4 is 5.32 Å². The summed E-state index contributed by atoms with van der Waals surface area (Å²) in [7, 11) is 0. The van der Waals surface area contributed by atoms with Gasteiger partial charge in [0, 0.05) is 6.42 Å². The van der Waals surface area contributed by atoms with E-state index in [4.69, 9.17) is 18.9 Å². The SMILES string of the molecule is CCCCCCCC/C=C\CCCCCCCC(=O)NC(COC1OC(CO)C(OC2OC(CO)C(O)C(O)C2O)C(O)C1O)C(O)/C=C/CC/C=C/CCCCCCCCCCCCC. The summed E-state index contributed by atoms with van der Waals surface area (Å²) in [5.74, 6) is -0.259. The molecule has 2 aliphatic rings. The van der Waals surface area contributed by atoms with Gasteiger partial charge in [0.15, 0.2) is 12.6 Å². The minimum absolute atomic E-state index is 0.259. The molecule has 0 bridgehead atoms. The van der Waals surface area contributed by atoms with Crippen molar-refractivity contribution in [3.8, 4) is 0 Å². The van der Waals surface area contributed by atoms with Gasteiger partial charge in [-0.05, 0) is 57.8 Å². The normalized spacial score (nSPS) is 27.1. The van der Waals surface area contributed by atoms with E-state index in [1.165, 1.54) is 109 Å². The molecule has 2 heterocycles. The van der Waals surface area contributed by atoms with Crippen molar-refractivity contribution in [1.82, 2.24) is 5.32 Å². The summed E-state index contributed by atoms with van der Waals surface area (Å²) < 4.78 is 22.7. The molecule has 14 nitrogen and oxygen atoms in total. The van der Waals surface area contributed by atoms with Crippen molar-refractivity contribution in [1.29, 1.82) is 0 Å². The standard InChI is InChI=1S/C52H95NO13/c1-3-5-7-9-11-13-15-17-19-20-22-23-25-27-29-31-33-35-41(56)40(53-44(57)36-34-32-30-28-26-24-21-18-16-14-12-10-8-6-4-2)39-63-51-49(62)47(60)50(43(38-55)65-51)66-52-48(61)46(59)45(58)42(37-54)64-52/h18,21,25,27,33,35,40-43,45-52,54-56,58-62H,3-17,19-20,22-24,26,28-32,34,36-39H2,1-2H3,(H,53,57)/b21-18-,27-25+,35-33+. The fourth-order valence-corrected chi connectivity index (χ4v) is 8.48. The van der Waals surface area contributed by atoms with Gasteiger partial charge in [0.05, 0.1) is 32.0 Å². The molecule has 0 spiro atoms. The number of hydrogen-bond donors (Lipinski definition) is 9. The number of carbonyl (C=O) groups is 1. The van der Waals surface area contributed by atoms with Crippen molar-refractivity contribution >= 4 is 5.91 Å². The number of carbonyl (C=O) groups excluding carboxylic acids is 1. The molecule has 2 saturated heterocycles. The lowest BCUT2D eigenvalue weighted by atomic mass is 9.97. The highest BCUT2D eigenvalue weighted by molar-refractivity contribution is 5.76. The number of nitrogens with one attached hydrogen (secondary N) is 1. The van der Waals surface area contributed by atoms with Gasteiger partial charge in [-0.3, -0.25) is 4.79 Å². The monoisotopic (exact) mass is 942 g/mol. The first-order chi connectivity index (χ1) is 32.1. The van der Waals surface area contributed by atoms with Crippen molar-refractivity contribution in [2.45, 2.75) is 267 Å². The number of ether oxygens (including phenoxy) is 4. The number of amides is 1. The molecular weight excluding hydrogens is 847 g/mol. The molecule has 2 rings (SSSR count). The summed E-state index contributed by atoms with van der Waals surface area (Å²) in [6.45, 7) is 2.75. The van der Waals surface area contributed by atoms with E-state index in [2.05, 4.69) is 43.5 Å². The molecule has 1 amide bonds. The predicted octanol–water partition coefficient (Wildman–Crippen LogP) is 7.10. The van der Waals surface area contributed by atoms with Crippen LogP contribution >= 0.6 is 0 Å². The molecular formula is C52H95NO13. The van der Waals surface area contributed by atoms with E-state index in [0.717, 1.165) is 51.4 Å². The zero-order valence-corrected chi connectivity index (χ0v) is 40.9. The molecule has 9 N–H and O–H groups in total. The van der Waals surface area contributed by atoms with Crippen LogP contribution in [0.2, 0.25) is 0 Å². The molecule has 0 aromatic carbocycles. The maximum atomic E-state index is 13.2. The molecule has 0 radical (unpaired) electrons. The Balaban J connectivity index is 1.87. The number of hydrogen-bond acceptors (Lipinski definition) is 13. The smallest absolute Gasteiger partial charge is 0.220 e. The Labute approximate surface area is 398 Å². The Bertz CT molecular complexity index is 1250. The van der Waals surface area contributed by atoms with Gasteiger partial charge >= 0.3 is 0 Å². The number of aliphatic hydroxyl groups excluding tert-OH is 8. The van der Waals surface area contributed by atoms with Gasteiger partial charge in [0.25, 0.3) is 0 Å². The molecule has 0 aliphatic carbocycles.